The molecular weight excluding hydrogens is 366 g/mol. The van der Waals surface area contributed by atoms with E-state index in [1.807, 2.05) is 30.3 Å². The molecule has 0 saturated carbocycles. The molecule has 3 aromatic rings. The molecule has 1 saturated heterocycles. The Morgan fingerprint density at radius 2 is 1.97 bits per heavy atom. The van der Waals surface area contributed by atoms with Crippen molar-refractivity contribution in [1.29, 1.82) is 0 Å². The van der Waals surface area contributed by atoms with Crippen molar-refractivity contribution in [1.82, 2.24) is 24.8 Å². The number of carbonyl (C=O) groups is 1. The zero-order valence-electron chi connectivity index (χ0n) is 16.9. The first kappa shape index (κ1) is 19.4. The zero-order valence-corrected chi connectivity index (χ0v) is 16.9. The van der Waals surface area contributed by atoms with Crippen LogP contribution in [0.15, 0.2) is 47.4 Å². The van der Waals surface area contributed by atoms with Gasteiger partial charge >= 0.3 is 0 Å². The number of likely N-dealkylation sites (tertiary alicyclic amines) is 1. The number of carbonyl (C=O) groups excluding carboxylic acids is 1. The minimum atomic E-state index is -0.242. The summed E-state index contributed by atoms with van der Waals surface area (Å²) in [6.07, 6.45) is 3.72. The topological polar surface area (TPSA) is 82.5 Å². The highest BCUT2D eigenvalue weighted by atomic mass is 16.2. The maximum atomic E-state index is 12.8. The summed E-state index contributed by atoms with van der Waals surface area (Å²) in [5, 5.41) is 5.88. The molecule has 0 aliphatic carbocycles. The van der Waals surface area contributed by atoms with Crippen LogP contribution in [0, 0.1) is 5.92 Å². The van der Waals surface area contributed by atoms with E-state index < -0.39 is 0 Å². The highest BCUT2D eigenvalue weighted by Crippen LogP contribution is 2.19. The van der Waals surface area contributed by atoms with Crippen molar-refractivity contribution in [3.05, 3.63) is 58.5 Å². The molecule has 1 fully saturated rings. The number of nitrogens with zero attached hydrogens (tertiary/aromatic N) is 3. The van der Waals surface area contributed by atoms with E-state index in [1.54, 1.807) is 6.20 Å². The predicted molar refractivity (Wildman–Crippen MR) is 113 cm³/mol. The fourth-order valence-corrected chi connectivity index (χ4v) is 3.91. The van der Waals surface area contributed by atoms with Crippen LogP contribution in [0.25, 0.3) is 16.9 Å². The van der Waals surface area contributed by atoms with Crippen LogP contribution in [0.3, 0.4) is 0 Å². The van der Waals surface area contributed by atoms with Gasteiger partial charge in [0.2, 0.25) is 0 Å². The monoisotopic (exact) mass is 393 g/mol. The highest BCUT2D eigenvalue weighted by Gasteiger charge is 2.22. The zero-order chi connectivity index (χ0) is 20.4. The summed E-state index contributed by atoms with van der Waals surface area (Å²) in [4.78, 5) is 32.3. The number of hydrogen-bond acceptors (Lipinski definition) is 4. The predicted octanol–water partition coefficient (Wildman–Crippen LogP) is 2.54. The third-order valence-electron chi connectivity index (χ3n) is 5.74. The summed E-state index contributed by atoms with van der Waals surface area (Å²) >= 11 is 0. The maximum absolute atomic E-state index is 12.8. The van der Waals surface area contributed by atoms with Crippen LogP contribution in [0.2, 0.25) is 0 Å². The van der Waals surface area contributed by atoms with E-state index in [1.165, 1.54) is 10.6 Å². The molecule has 1 aliphatic rings. The van der Waals surface area contributed by atoms with Crippen molar-refractivity contribution in [3.8, 4) is 11.3 Å². The maximum Gasteiger partial charge on any atom is 0.273 e. The van der Waals surface area contributed by atoms with Crippen molar-refractivity contribution in [2.24, 2.45) is 5.92 Å². The minimum absolute atomic E-state index is 0.202. The number of aromatic amines is 1. The smallest absolute Gasteiger partial charge is 0.273 e. The summed E-state index contributed by atoms with van der Waals surface area (Å²) < 4.78 is 1.31. The summed E-state index contributed by atoms with van der Waals surface area (Å²) in [7, 11) is 0. The van der Waals surface area contributed by atoms with Crippen LogP contribution in [0.4, 0.5) is 0 Å². The molecule has 2 aromatic heterocycles. The number of benzene rings is 1. The van der Waals surface area contributed by atoms with Gasteiger partial charge in [0.05, 0.1) is 5.69 Å². The number of H-pyrrole nitrogens is 1. The van der Waals surface area contributed by atoms with E-state index >= 15 is 0 Å². The third kappa shape index (κ3) is 4.10. The lowest BCUT2D eigenvalue weighted by Gasteiger charge is -2.34. The molecule has 7 nitrogen and oxygen atoms in total. The van der Waals surface area contributed by atoms with Crippen LogP contribution in [-0.4, -0.2) is 51.1 Å². The van der Waals surface area contributed by atoms with Crippen molar-refractivity contribution in [2.75, 3.05) is 19.6 Å². The molecule has 1 amide bonds. The number of aromatic nitrogens is 3. The van der Waals surface area contributed by atoms with Crippen molar-refractivity contribution in [2.45, 2.75) is 32.7 Å². The number of nitrogens with one attached hydrogen (secondary N) is 2. The lowest BCUT2D eigenvalue weighted by atomic mass is 9.96. The molecule has 1 aromatic carbocycles. The van der Waals surface area contributed by atoms with Crippen LogP contribution in [0.5, 0.6) is 0 Å². The molecule has 152 valence electrons. The van der Waals surface area contributed by atoms with Gasteiger partial charge in [0.25, 0.3) is 11.5 Å². The second kappa shape index (κ2) is 8.21. The molecule has 0 spiro atoms. The Kier molecular flexibility index (Phi) is 5.49. The molecule has 2 N–H and O–H groups in total. The Morgan fingerprint density at radius 3 is 2.66 bits per heavy atom. The minimum Gasteiger partial charge on any atom is -0.352 e. The van der Waals surface area contributed by atoms with Gasteiger partial charge in [-0.2, -0.15) is 0 Å². The van der Waals surface area contributed by atoms with E-state index in [0.29, 0.717) is 35.4 Å². The molecule has 7 heteroatoms. The van der Waals surface area contributed by atoms with Gasteiger partial charge in [0, 0.05) is 30.4 Å². The summed E-state index contributed by atoms with van der Waals surface area (Å²) in [5.41, 5.74) is 1.90. The summed E-state index contributed by atoms with van der Waals surface area (Å²) in [5.74, 6) is 0.280. The first-order valence-electron chi connectivity index (χ1n) is 10.2. The van der Waals surface area contributed by atoms with Gasteiger partial charge in [0.1, 0.15) is 5.56 Å². The molecule has 1 aliphatic heterocycles. The number of amides is 1. The second-order valence-electron chi connectivity index (χ2n) is 7.97. The Hall–Kier alpha value is -2.93. The van der Waals surface area contributed by atoms with Gasteiger partial charge in [-0.25, -0.2) is 9.50 Å². The molecule has 0 bridgehead atoms. The van der Waals surface area contributed by atoms with Gasteiger partial charge in [-0.3, -0.25) is 14.7 Å². The molecular formula is C22H27N5O2. The van der Waals surface area contributed by atoms with Gasteiger partial charge in [-0.05, 0) is 45.7 Å². The number of rotatable bonds is 5. The lowest BCUT2D eigenvalue weighted by molar-refractivity contribution is 0.0931. The standard InChI is InChI=1S/C22H27N5O2/c1-15(2)26-10-8-16(9-11-26)13-23-22(29)18-14-24-27-20(28)12-19(25-21(18)27)17-6-4-3-5-7-17/h3-7,12,14-16,24H,8-11,13H2,1-2H3,(H,23,29). The SMILES string of the molecule is CC(C)N1CCC(CNC(=O)c2c[nH]n3c(=O)cc(-c4ccccc4)nc23)CC1. The number of piperidine rings is 1. The third-order valence-corrected chi connectivity index (χ3v) is 5.74. The fourth-order valence-electron chi connectivity index (χ4n) is 3.91. The van der Waals surface area contributed by atoms with E-state index in [2.05, 4.69) is 34.1 Å². The van der Waals surface area contributed by atoms with Crippen molar-refractivity contribution < 1.29 is 4.79 Å². The normalized spacial score (nSPS) is 15.8. The van der Waals surface area contributed by atoms with E-state index in [4.69, 9.17) is 0 Å². The molecule has 3 heterocycles. The van der Waals surface area contributed by atoms with Crippen LogP contribution in [-0.2, 0) is 0 Å². The van der Waals surface area contributed by atoms with Crippen LogP contribution in [0.1, 0.15) is 37.0 Å². The number of fused-ring (bicyclic) bond motifs is 1. The van der Waals surface area contributed by atoms with Crippen molar-refractivity contribution in [3.63, 3.8) is 0 Å². The second-order valence-corrected chi connectivity index (χ2v) is 7.97. The van der Waals surface area contributed by atoms with Crippen LogP contribution < -0.4 is 10.9 Å². The molecule has 29 heavy (non-hydrogen) atoms. The van der Waals surface area contributed by atoms with Crippen LogP contribution >= 0.6 is 0 Å². The first-order chi connectivity index (χ1) is 14.0. The largest absolute Gasteiger partial charge is 0.352 e. The van der Waals surface area contributed by atoms with Crippen molar-refractivity contribution >= 4 is 11.6 Å². The Bertz CT molecular complexity index is 1050. The van der Waals surface area contributed by atoms with E-state index in [0.717, 1.165) is 31.5 Å². The van der Waals surface area contributed by atoms with Gasteiger partial charge < -0.3 is 10.2 Å². The van der Waals surface area contributed by atoms with E-state index in [-0.39, 0.29) is 11.5 Å². The van der Waals surface area contributed by atoms with Gasteiger partial charge in [-0.15, -0.1) is 0 Å². The Balaban J connectivity index is 1.50. The lowest BCUT2D eigenvalue weighted by Crippen LogP contribution is -2.41. The average Bonchev–Trinajstić information content (AvgIpc) is 3.17. The summed E-state index contributed by atoms with van der Waals surface area (Å²) in [6, 6.07) is 11.5. The molecule has 0 unspecified atom stereocenters. The Morgan fingerprint density at radius 1 is 1.24 bits per heavy atom. The highest BCUT2D eigenvalue weighted by molar-refractivity contribution is 5.99. The van der Waals surface area contributed by atoms with Gasteiger partial charge in [-0.1, -0.05) is 30.3 Å². The van der Waals surface area contributed by atoms with Gasteiger partial charge in [0.15, 0.2) is 5.65 Å². The van der Waals surface area contributed by atoms with E-state index in [9.17, 15) is 9.59 Å². The average molecular weight is 393 g/mol. The first-order valence-corrected chi connectivity index (χ1v) is 10.2. The number of hydrogen-bond donors (Lipinski definition) is 2. The quantitative estimate of drug-likeness (QED) is 0.698. The molecule has 0 atom stereocenters. The molecule has 4 rings (SSSR count). The molecule has 0 radical (unpaired) electrons. The fraction of sp³-hybridized carbons (Fsp3) is 0.409. The summed E-state index contributed by atoms with van der Waals surface area (Å²) in [6.45, 7) is 7.23. The Labute approximate surface area is 169 Å².